The fraction of sp³-hybridized carbons (Fsp3) is 0.235. The Morgan fingerprint density at radius 1 is 1.17 bits per heavy atom. The normalized spacial score (nSPS) is 19.2. The minimum absolute atomic E-state index is 0.0113. The van der Waals surface area contributed by atoms with Crippen molar-refractivity contribution in [1.29, 1.82) is 0 Å². The molecule has 2 aromatic carbocycles. The second-order valence-electron chi connectivity index (χ2n) is 5.13. The number of phenols is 1. The Bertz CT molecular complexity index is 727. The van der Waals surface area contributed by atoms with Gasteiger partial charge in [-0.15, -0.1) is 0 Å². The topological polar surface area (TPSA) is 85.2 Å². The van der Waals surface area contributed by atoms with Gasteiger partial charge in [0.15, 0.2) is 35.2 Å². The average molecular weight is 316 g/mol. The number of ether oxygens (including phenoxy) is 3. The van der Waals surface area contributed by atoms with Gasteiger partial charge in [0.2, 0.25) is 0 Å². The van der Waals surface area contributed by atoms with Crippen LogP contribution in [0.1, 0.15) is 22.0 Å². The molecule has 2 N–H and O–H groups in total. The number of benzene rings is 2. The van der Waals surface area contributed by atoms with Crippen LogP contribution in [0.4, 0.5) is 0 Å². The summed E-state index contributed by atoms with van der Waals surface area (Å²) >= 11 is 0. The molecule has 6 heteroatoms. The summed E-state index contributed by atoms with van der Waals surface area (Å²) in [5.74, 6) is 1.21. The van der Waals surface area contributed by atoms with E-state index in [4.69, 9.17) is 14.2 Å². The van der Waals surface area contributed by atoms with E-state index >= 15 is 0 Å². The lowest BCUT2D eigenvalue weighted by atomic mass is 10.0. The van der Waals surface area contributed by atoms with Crippen LogP contribution in [-0.4, -0.2) is 36.3 Å². The third-order valence-corrected chi connectivity index (χ3v) is 3.69. The smallest absolute Gasteiger partial charge is 0.163 e. The van der Waals surface area contributed by atoms with Crippen LogP contribution in [0.3, 0.4) is 0 Å². The van der Waals surface area contributed by atoms with Crippen LogP contribution in [-0.2, 0) is 0 Å². The molecule has 3 rings (SSSR count). The van der Waals surface area contributed by atoms with E-state index in [1.807, 2.05) is 0 Å². The highest BCUT2D eigenvalue weighted by molar-refractivity contribution is 5.76. The molecule has 2 atom stereocenters. The summed E-state index contributed by atoms with van der Waals surface area (Å²) in [6.45, 7) is -0.247. The van der Waals surface area contributed by atoms with Gasteiger partial charge >= 0.3 is 0 Å². The highest BCUT2D eigenvalue weighted by Gasteiger charge is 2.33. The fourth-order valence-corrected chi connectivity index (χ4v) is 2.51. The Kier molecular flexibility index (Phi) is 4.08. The first kappa shape index (κ1) is 15.2. The maximum Gasteiger partial charge on any atom is 0.163 e. The summed E-state index contributed by atoms with van der Waals surface area (Å²) in [7, 11) is 1.45. The predicted molar refractivity (Wildman–Crippen MR) is 81.4 cm³/mol. The molecular formula is C17H16O6. The van der Waals surface area contributed by atoms with E-state index in [-0.39, 0.29) is 12.4 Å². The molecule has 0 aromatic heterocycles. The minimum atomic E-state index is -0.612. The summed E-state index contributed by atoms with van der Waals surface area (Å²) in [5, 5.41) is 19.3. The zero-order valence-electron chi connectivity index (χ0n) is 12.4. The third kappa shape index (κ3) is 2.80. The summed E-state index contributed by atoms with van der Waals surface area (Å²) in [6.07, 6.45) is -0.483. The van der Waals surface area contributed by atoms with Crippen LogP contribution < -0.4 is 14.2 Å². The summed E-state index contributed by atoms with van der Waals surface area (Å²) in [5.41, 5.74) is 1.15. The first-order valence-corrected chi connectivity index (χ1v) is 7.06. The third-order valence-electron chi connectivity index (χ3n) is 3.69. The predicted octanol–water partition coefficient (Wildman–Crippen LogP) is 2.09. The number of hydrogen-bond acceptors (Lipinski definition) is 6. The number of rotatable bonds is 4. The molecule has 0 unspecified atom stereocenters. The first-order chi connectivity index (χ1) is 11.2. The van der Waals surface area contributed by atoms with Crippen LogP contribution in [0.25, 0.3) is 0 Å². The maximum absolute atomic E-state index is 10.9. The SMILES string of the molecule is COc1cc([C@H]2Oc3cc(C=O)ccc3O[C@@H]2CO)ccc1O. The van der Waals surface area contributed by atoms with E-state index in [2.05, 4.69) is 0 Å². The van der Waals surface area contributed by atoms with Crippen molar-refractivity contribution in [3.63, 3.8) is 0 Å². The number of hydrogen-bond donors (Lipinski definition) is 2. The number of aromatic hydroxyl groups is 1. The zero-order valence-corrected chi connectivity index (χ0v) is 12.4. The van der Waals surface area contributed by atoms with Gasteiger partial charge in [0, 0.05) is 11.1 Å². The van der Waals surface area contributed by atoms with E-state index in [9.17, 15) is 15.0 Å². The van der Waals surface area contributed by atoms with Crippen LogP contribution in [0.15, 0.2) is 36.4 Å². The Labute approximate surface area is 132 Å². The lowest BCUT2D eigenvalue weighted by Gasteiger charge is -2.33. The van der Waals surface area contributed by atoms with E-state index in [0.717, 1.165) is 6.29 Å². The molecule has 0 aliphatic carbocycles. The highest BCUT2D eigenvalue weighted by Crippen LogP contribution is 2.41. The largest absolute Gasteiger partial charge is 0.504 e. The van der Waals surface area contributed by atoms with Crippen molar-refractivity contribution in [2.75, 3.05) is 13.7 Å². The van der Waals surface area contributed by atoms with E-state index in [1.54, 1.807) is 30.3 Å². The van der Waals surface area contributed by atoms with Crippen molar-refractivity contribution < 1.29 is 29.2 Å². The second kappa shape index (κ2) is 6.18. The van der Waals surface area contributed by atoms with Crippen molar-refractivity contribution in [3.8, 4) is 23.0 Å². The average Bonchev–Trinajstić information content (AvgIpc) is 2.60. The molecule has 1 heterocycles. The number of methoxy groups -OCH3 is 1. The monoisotopic (exact) mass is 316 g/mol. The molecule has 120 valence electrons. The standard InChI is InChI=1S/C17H16O6/c1-21-14-7-11(3-4-12(14)20)17-16(9-19)22-13-5-2-10(8-18)6-15(13)23-17/h2-8,16-17,19-20H,9H2,1H3/t16-,17-/m1/s1. The molecule has 0 fully saturated rings. The lowest BCUT2D eigenvalue weighted by molar-refractivity contribution is -0.0124. The molecular weight excluding hydrogens is 300 g/mol. The quantitative estimate of drug-likeness (QED) is 0.840. The molecule has 0 amide bonds. The Hall–Kier alpha value is -2.73. The first-order valence-electron chi connectivity index (χ1n) is 7.06. The molecule has 0 saturated heterocycles. The number of aliphatic hydroxyl groups excluding tert-OH is 1. The number of aliphatic hydroxyl groups is 1. The number of aldehydes is 1. The Morgan fingerprint density at radius 3 is 2.70 bits per heavy atom. The van der Waals surface area contributed by atoms with Gasteiger partial charge in [0.05, 0.1) is 13.7 Å². The van der Waals surface area contributed by atoms with E-state index in [0.29, 0.717) is 28.4 Å². The van der Waals surface area contributed by atoms with Crippen molar-refractivity contribution in [3.05, 3.63) is 47.5 Å². The van der Waals surface area contributed by atoms with Crippen molar-refractivity contribution in [1.82, 2.24) is 0 Å². The van der Waals surface area contributed by atoms with Gasteiger partial charge in [-0.05, 0) is 30.3 Å². The number of carbonyl (C=O) groups is 1. The molecule has 1 aliphatic rings. The Morgan fingerprint density at radius 2 is 2.00 bits per heavy atom. The van der Waals surface area contributed by atoms with Gasteiger partial charge in [-0.2, -0.15) is 0 Å². The number of carbonyl (C=O) groups excluding carboxylic acids is 1. The molecule has 23 heavy (non-hydrogen) atoms. The van der Waals surface area contributed by atoms with Crippen LogP contribution in [0, 0.1) is 0 Å². The summed E-state index contributed by atoms with van der Waals surface area (Å²) in [4.78, 5) is 10.9. The van der Waals surface area contributed by atoms with Gasteiger partial charge in [-0.3, -0.25) is 4.79 Å². The van der Waals surface area contributed by atoms with Gasteiger partial charge in [0.1, 0.15) is 6.29 Å². The fourth-order valence-electron chi connectivity index (χ4n) is 2.51. The van der Waals surface area contributed by atoms with Gasteiger partial charge in [-0.25, -0.2) is 0 Å². The van der Waals surface area contributed by atoms with E-state index in [1.165, 1.54) is 13.2 Å². The minimum Gasteiger partial charge on any atom is -0.504 e. The lowest BCUT2D eigenvalue weighted by Crippen LogP contribution is -2.36. The Balaban J connectivity index is 1.99. The molecule has 6 nitrogen and oxygen atoms in total. The van der Waals surface area contributed by atoms with Gasteiger partial charge in [-0.1, -0.05) is 6.07 Å². The highest BCUT2D eigenvalue weighted by atomic mass is 16.6. The molecule has 0 spiro atoms. The molecule has 0 bridgehead atoms. The van der Waals surface area contributed by atoms with Crippen LogP contribution >= 0.6 is 0 Å². The van der Waals surface area contributed by atoms with Gasteiger partial charge in [0.25, 0.3) is 0 Å². The van der Waals surface area contributed by atoms with Crippen molar-refractivity contribution in [2.45, 2.75) is 12.2 Å². The van der Waals surface area contributed by atoms with E-state index < -0.39 is 12.2 Å². The van der Waals surface area contributed by atoms with Crippen molar-refractivity contribution >= 4 is 6.29 Å². The molecule has 0 saturated carbocycles. The maximum atomic E-state index is 10.9. The van der Waals surface area contributed by atoms with Crippen LogP contribution in [0.5, 0.6) is 23.0 Å². The second-order valence-corrected chi connectivity index (χ2v) is 5.13. The zero-order chi connectivity index (χ0) is 16.4. The van der Waals surface area contributed by atoms with Gasteiger partial charge < -0.3 is 24.4 Å². The van der Waals surface area contributed by atoms with Crippen molar-refractivity contribution in [2.24, 2.45) is 0 Å². The summed E-state index contributed by atoms with van der Waals surface area (Å²) < 4.78 is 16.8. The number of fused-ring (bicyclic) bond motifs is 1. The number of phenolic OH excluding ortho intramolecular Hbond substituents is 1. The molecule has 2 aromatic rings. The molecule has 1 aliphatic heterocycles. The van der Waals surface area contributed by atoms with Crippen LogP contribution in [0.2, 0.25) is 0 Å². The summed E-state index contributed by atoms with van der Waals surface area (Å²) in [6, 6.07) is 9.62. The molecule has 0 radical (unpaired) electrons.